The lowest BCUT2D eigenvalue weighted by atomic mass is 10.0. The Morgan fingerprint density at radius 3 is 2.09 bits per heavy atom. The van der Waals surface area contributed by atoms with Gasteiger partial charge in [-0.2, -0.15) is 0 Å². The van der Waals surface area contributed by atoms with E-state index in [1.54, 1.807) is 19.9 Å². The van der Waals surface area contributed by atoms with Gasteiger partial charge in [0.2, 0.25) is 0 Å². The Morgan fingerprint density at radius 2 is 1.59 bits per heavy atom. The number of ether oxygens (including phenoxy) is 2. The highest BCUT2D eigenvalue weighted by Gasteiger charge is 2.27. The van der Waals surface area contributed by atoms with E-state index in [1.165, 1.54) is 0 Å². The van der Waals surface area contributed by atoms with Crippen LogP contribution in [0.2, 0.25) is 5.02 Å². The lowest BCUT2D eigenvalue weighted by Gasteiger charge is -2.12. The molecule has 0 aliphatic heterocycles. The minimum atomic E-state index is -0.902. The Kier molecular flexibility index (Phi) is 8.30. The van der Waals surface area contributed by atoms with Crippen molar-refractivity contribution in [3.63, 3.8) is 0 Å². The minimum Gasteiger partial charge on any atom is -0.465 e. The van der Waals surface area contributed by atoms with Gasteiger partial charge in [-0.25, -0.2) is 0 Å². The van der Waals surface area contributed by atoms with Gasteiger partial charge in [-0.1, -0.05) is 35.9 Å². The minimum absolute atomic E-state index is 0.239. The summed E-state index contributed by atoms with van der Waals surface area (Å²) in [5, 5.41) is 0.692. The first-order chi connectivity index (χ1) is 10.6. The molecular weight excluding hydrogens is 304 g/mol. The fourth-order valence-corrected chi connectivity index (χ4v) is 1.97. The summed E-state index contributed by atoms with van der Waals surface area (Å²) in [5.41, 5.74) is 1.10. The fraction of sp³-hybridized carbons (Fsp3) is 0.412. The van der Waals surface area contributed by atoms with Crippen LogP contribution in [0.15, 0.2) is 36.4 Å². The third kappa shape index (κ3) is 6.31. The summed E-state index contributed by atoms with van der Waals surface area (Å²) in [6.45, 7) is 3.89. The molecule has 4 nitrogen and oxygen atoms in total. The van der Waals surface area contributed by atoms with Gasteiger partial charge < -0.3 is 9.47 Å². The predicted molar refractivity (Wildman–Crippen MR) is 85.7 cm³/mol. The van der Waals surface area contributed by atoms with E-state index in [0.29, 0.717) is 11.4 Å². The molecule has 5 heteroatoms. The van der Waals surface area contributed by atoms with Gasteiger partial charge in [0.25, 0.3) is 0 Å². The summed E-state index contributed by atoms with van der Waals surface area (Å²) in [4.78, 5) is 23.6. The fourth-order valence-electron chi connectivity index (χ4n) is 1.85. The number of allylic oxidation sites excluding steroid dienone is 2. The van der Waals surface area contributed by atoms with Crippen LogP contribution in [-0.4, -0.2) is 25.2 Å². The maximum Gasteiger partial charge on any atom is 0.320 e. The molecule has 0 saturated carbocycles. The monoisotopic (exact) mass is 324 g/mol. The second-order valence-corrected chi connectivity index (χ2v) is 5.03. The van der Waals surface area contributed by atoms with Crippen LogP contribution >= 0.6 is 11.6 Å². The molecule has 0 amide bonds. The number of hydrogen-bond acceptors (Lipinski definition) is 4. The SMILES string of the molecule is CCOC(=O)C(C/C=C/Cc1ccc(Cl)cc1)C(=O)OCC. The van der Waals surface area contributed by atoms with Crippen LogP contribution in [-0.2, 0) is 25.5 Å². The van der Waals surface area contributed by atoms with Gasteiger partial charge >= 0.3 is 11.9 Å². The van der Waals surface area contributed by atoms with Gasteiger partial charge in [0.05, 0.1) is 13.2 Å². The van der Waals surface area contributed by atoms with E-state index in [-0.39, 0.29) is 19.6 Å². The molecule has 1 rings (SSSR count). The summed E-state index contributed by atoms with van der Waals surface area (Å²) in [5.74, 6) is -1.99. The molecule has 0 saturated heterocycles. The van der Waals surface area contributed by atoms with E-state index < -0.39 is 17.9 Å². The molecule has 1 aromatic carbocycles. The van der Waals surface area contributed by atoms with Crippen molar-refractivity contribution in [2.75, 3.05) is 13.2 Å². The number of esters is 2. The Labute approximate surface area is 136 Å². The number of benzene rings is 1. The molecule has 120 valence electrons. The molecule has 0 heterocycles. The number of hydrogen-bond donors (Lipinski definition) is 0. The van der Waals surface area contributed by atoms with E-state index in [4.69, 9.17) is 21.1 Å². The van der Waals surface area contributed by atoms with Crippen molar-refractivity contribution in [2.45, 2.75) is 26.7 Å². The molecule has 0 bridgehead atoms. The molecule has 0 spiro atoms. The highest BCUT2D eigenvalue weighted by atomic mass is 35.5. The standard InChI is InChI=1S/C17H21ClO4/c1-3-21-16(19)15(17(20)22-4-2)8-6-5-7-13-9-11-14(18)12-10-13/h5-6,9-12,15H,3-4,7-8H2,1-2H3/b6-5+. The predicted octanol–water partition coefficient (Wildman–Crippen LogP) is 3.57. The molecule has 0 unspecified atom stereocenters. The molecule has 0 aliphatic rings. The first-order valence-electron chi connectivity index (χ1n) is 7.31. The molecular formula is C17H21ClO4. The van der Waals surface area contributed by atoms with Crippen LogP contribution in [0, 0.1) is 5.92 Å². The summed E-state index contributed by atoms with van der Waals surface area (Å²) in [7, 11) is 0. The lowest BCUT2D eigenvalue weighted by molar-refractivity contribution is -0.161. The zero-order valence-electron chi connectivity index (χ0n) is 12.9. The Morgan fingerprint density at radius 1 is 1.05 bits per heavy atom. The molecule has 0 N–H and O–H groups in total. The van der Waals surface area contributed by atoms with Crippen molar-refractivity contribution in [1.29, 1.82) is 0 Å². The van der Waals surface area contributed by atoms with Crippen molar-refractivity contribution in [3.8, 4) is 0 Å². The third-order valence-corrected chi connectivity index (χ3v) is 3.20. The van der Waals surface area contributed by atoms with Gasteiger partial charge in [-0.05, 0) is 44.4 Å². The Bertz CT molecular complexity index is 490. The summed E-state index contributed by atoms with van der Waals surface area (Å²) in [6.07, 6.45) is 4.68. The van der Waals surface area contributed by atoms with Crippen molar-refractivity contribution < 1.29 is 19.1 Å². The van der Waals surface area contributed by atoms with Gasteiger partial charge in [0.1, 0.15) is 0 Å². The first kappa shape index (κ1) is 18.2. The summed E-state index contributed by atoms with van der Waals surface area (Å²) >= 11 is 5.82. The average Bonchev–Trinajstić information content (AvgIpc) is 2.49. The quantitative estimate of drug-likeness (QED) is 0.417. The molecule has 22 heavy (non-hydrogen) atoms. The van der Waals surface area contributed by atoms with Gasteiger partial charge in [0.15, 0.2) is 5.92 Å². The Hall–Kier alpha value is -1.81. The summed E-state index contributed by atoms with van der Waals surface area (Å²) in [6, 6.07) is 7.51. The van der Waals surface area contributed by atoms with Gasteiger partial charge in [0, 0.05) is 5.02 Å². The zero-order valence-corrected chi connectivity index (χ0v) is 13.6. The van der Waals surface area contributed by atoms with E-state index >= 15 is 0 Å². The van der Waals surface area contributed by atoms with Crippen molar-refractivity contribution in [2.24, 2.45) is 5.92 Å². The first-order valence-corrected chi connectivity index (χ1v) is 7.69. The average molecular weight is 325 g/mol. The number of rotatable bonds is 8. The van der Waals surface area contributed by atoms with Crippen LogP contribution in [0.4, 0.5) is 0 Å². The van der Waals surface area contributed by atoms with E-state index in [2.05, 4.69) is 0 Å². The molecule has 0 aromatic heterocycles. The highest BCUT2D eigenvalue weighted by Crippen LogP contribution is 2.12. The Balaban J connectivity index is 2.57. The van der Waals surface area contributed by atoms with Crippen LogP contribution in [0.1, 0.15) is 25.8 Å². The maximum atomic E-state index is 11.8. The largest absolute Gasteiger partial charge is 0.465 e. The zero-order chi connectivity index (χ0) is 16.4. The van der Waals surface area contributed by atoms with Gasteiger partial charge in [-0.3, -0.25) is 9.59 Å². The number of carbonyl (C=O) groups is 2. The van der Waals surface area contributed by atoms with Crippen molar-refractivity contribution in [1.82, 2.24) is 0 Å². The maximum absolute atomic E-state index is 11.8. The molecule has 1 aromatic rings. The third-order valence-electron chi connectivity index (χ3n) is 2.95. The van der Waals surface area contributed by atoms with Crippen LogP contribution in [0.5, 0.6) is 0 Å². The second kappa shape index (κ2) is 10.0. The molecule has 0 atom stereocenters. The topological polar surface area (TPSA) is 52.6 Å². The number of halogens is 1. The second-order valence-electron chi connectivity index (χ2n) is 4.59. The van der Waals surface area contributed by atoms with Crippen LogP contribution in [0.25, 0.3) is 0 Å². The van der Waals surface area contributed by atoms with Crippen molar-refractivity contribution in [3.05, 3.63) is 47.0 Å². The molecule has 0 aliphatic carbocycles. The highest BCUT2D eigenvalue weighted by molar-refractivity contribution is 6.30. The van der Waals surface area contributed by atoms with Crippen molar-refractivity contribution >= 4 is 23.5 Å². The van der Waals surface area contributed by atoms with E-state index in [0.717, 1.165) is 5.56 Å². The normalized spacial score (nSPS) is 10.9. The smallest absolute Gasteiger partial charge is 0.320 e. The van der Waals surface area contributed by atoms with E-state index in [1.807, 2.05) is 30.3 Å². The number of carbonyl (C=O) groups excluding carboxylic acids is 2. The van der Waals surface area contributed by atoms with Crippen LogP contribution < -0.4 is 0 Å². The van der Waals surface area contributed by atoms with Gasteiger partial charge in [-0.15, -0.1) is 0 Å². The van der Waals surface area contributed by atoms with Crippen LogP contribution in [0.3, 0.4) is 0 Å². The lowest BCUT2D eigenvalue weighted by Crippen LogP contribution is -2.27. The van der Waals surface area contributed by atoms with E-state index in [9.17, 15) is 9.59 Å². The molecule has 0 fully saturated rings. The summed E-state index contributed by atoms with van der Waals surface area (Å²) < 4.78 is 9.82. The molecule has 0 radical (unpaired) electrons.